The molecular formula is C15H32OSn. The van der Waals surface area contributed by atoms with Crippen LogP contribution in [-0.2, 0) is 0 Å². The monoisotopic (exact) mass is 348 g/mol. The van der Waals surface area contributed by atoms with Crippen LogP contribution in [0.4, 0.5) is 0 Å². The van der Waals surface area contributed by atoms with Crippen LogP contribution in [0.5, 0.6) is 0 Å². The van der Waals surface area contributed by atoms with Crippen LogP contribution >= 0.6 is 0 Å². The molecule has 0 amide bonds. The molecule has 0 aromatic heterocycles. The summed E-state index contributed by atoms with van der Waals surface area (Å²) in [4.78, 5) is 0. The zero-order chi connectivity index (χ0) is 13.1. The van der Waals surface area contributed by atoms with Crippen LogP contribution in [0.1, 0.15) is 66.2 Å². The van der Waals surface area contributed by atoms with Gasteiger partial charge >= 0.3 is 113 Å². The summed E-state index contributed by atoms with van der Waals surface area (Å²) in [7, 11) is 0. The fourth-order valence-electron chi connectivity index (χ4n) is 2.61. The van der Waals surface area contributed by atoms with Gasteiger partial charge < -0.3 is 0 Å². The van der Waals surface area contributed by atoms with E-state index in [0.29, 0.717) is 0 Å². The molecule has 0 fully saturated rings. The zero-order valence-electron chi connectivity index (χ0n) is 12.4. The number of aliphatic hydroxyl groups excluding tert-OH is 1. The minimum absolute atomic E-state index is 0.856. The van der Waals surface area contributed by atoms with Gasteiger partial charge in [0, 0.05) is 0 Å². The second-order valence-corrected chi connectivity index (χ2v) is 18.3. The van der Waals surface area contributed by atoms with Gasteiger partial charge in [0.2, 0.25) is 0 Å². The van der Waals surface area contributed by atoms with Crippen LogP contribution in [0, 0.1) is 0 Å². The Morgan fingerprint density at radius 1 is 0.882 bits per heavy atom. The number of unbranched alkanes of at least 4 members (excludes halogenated alkanes) is 3. The third kappa shape index (κ3) is 6.17. The molecule has 2 heteroatoms. The molecule has 0 saturated heterocycles. The molecule has 0 unspecified atom stereocenters. The van der Waals surface area contributed by atoms with E-state index < -0.39 is 18.4 Å². The molecule has 0 saturated carbocycles. The molecule has 0 radical (unpaired) electrons. The molecular weight excluding hydrogens is 315 g/mol. The first-order chi connectivity index (χ1) is 8.16. The summed E-state index contributed by atoms with van der Waals surface area (Å²) in [6.45, 7) is 8.82. The Morgan fingerprint density at radius 3 is 1.47 bits per heavy atom. The number of hydrogen-bond acceptors (Lipinski definition) is 1. The molecule has 1 nitrogen and oxygen atoms in total. The summed E-state index contributed by atoms with van der Waals surface area (Å²) in [6.07, 6.45) is 9.79. The third-order valence-electron chi connectivity index (χ3n) is 3.84. The van der Waals surface area contributed by atoms with Crippen molar-refractivity contribution in [3.8, 4) is 0 Å². The molecule has 0 aliphatic heterocycles. The van der Waals surface area contributed by atoms with Gasteiger partial charge in [0.1, 0.15) is 0 Å². The van der Waals surface area contributed by atoms with E-state index >= 15 is 0 Å². The van der Waals surface area contributed by atoms with Crippen molar-refractivity contribution in [1.82, 2.24) is 0 Å². The van der Waals surface area contributed by atoms with E-state index in [1.807, 2.05) is 13.0 Å². The van der Waals surface area contributed by atoms with Crippen LogP contribution in [0.2, 0.25) is 13.3 Å². The maximum absolute atomic E-state index is 10.4. The molecule has 0 aromatic carbocycles. The van der Waals surface area contributed by atoms with Gasteiger partial charge in [0.15, 0.2) is 0 Å². The minimum atomic E-state index is -2.38. The molecule has 1 N–H and O–H groups in total. The standard InChI is InChI=1S/3C4H9.C3H5O.Sn/c3*1-3-4-2;1-2-3-4;/h3*1,3-4H2,2H3;2,4H,1H3;. The molecule has 0 heterocycles. The zero-order valence-corrected chi connectivity index (χ0v) is 15.2. The number of hydrogen-bond donors (Lipinski definition) is 1. The van der Waals surface area contributed by atoms with Gasteiger partial charge in [-0.15, -0.1) is 0 Å². The van der Waals surface area contributed by atoms with Crippen LogP contribution in [0.25, 0.3) is 0 Å². The Labute approximate surface area is 113 Å². The Kier molecular flexibility index (Phi) is 10.5. The summed E-state index contributed by atoms with van der Waals surface area (Å²) < 4.78 is 4.94. The quantitative estimate of drug-likeness (QED) is 0.389. The van der Waals surface area contributed by atoms with Gasteiger partial charge in [0.25, 0.3) is 0 Å². The van der Waals surface area contributed by atoms with E-state index in [2.05, 4.69) is 20.8 Å². The molecule has 102 valence electrons. The predicted molar refractivity (Wildman–Crippen MR) is 81.3 cm³/mol. The van der Waals surface area contributed by atoms with Crippen molar-refractivity contribution in [2.45, 2.75) is 79.5 Å². The Bertz CT molecular complexity index is 189. The van der Waals surface area contributed by atoms with Crippen molar-refractivity contribution in [3.05, 3.63) is 9.85 Å². The van der Waals surface area contributed by atoms with Gasteiger partial charge in [-0.05, 0) is 0 Å². The topological polar surface area (TPSA) is 20.2 Å². The summed E-state index contributed by atoms with van der Waals surface area (Å²) in [5, 5.41) is 10.4. The van der Waals surface area contributed by atoms with Crippen molar-refractivity contribution >= 4 is 18.4 Å². The fraction of sp³-hybridized carbons (Fsp3) is 0.867. The van der Waals surface area contributed by atoms with Crippen molar-refractivity contribution in [2.75, 3.05) is 0 Å². The first-order valence-electron chi connectivity index (χ1n) is 7.52. The Hall–Kier alpha value is 0.339. The first-order valence-corrected chi connectivity index (χ1v) is 15.0. The van der Waals surface area contributed by atoms with Crippen LogP contribution in [0.15, 0.2) is 9.85 Å². The number of rotatable bonds is 10. The predicted octanol–water partition coefficient (Wildman–Crippen LogP) is 5.84. The Balaban J connectivity index is 4.77. The van der Waals surface area contributed by atoms with E-state index in [4.69, 9.17) is 0 Å². The first kappa shape index (κ1) is 17.3. The molecule has 0 spiro atoms. The second kappa shape index (κ2) is 10.3. The molecule has 0 aliphatic carbocycles. The average molecular weight is 347 g/mol. The molecule has 0 aromatic rings. The van der Waals surface area contributed by atoms with Gasteiger partial charge in [-0.2, -0.15) is 0 Å². The van der Waals surface area contributed by atoms with Crippen LogP contribution in [0.3, 0.4) is 0 Å². The fourth-order valence-corrected chi connectivity index (χ4v) is 17.5. The van der Waals surface area contributed by atoms with E-state index in [0.717, 1.165) is 3.78 Å². The van der Waals surface area contributed by atoms with Crippen molar-refractivity contribution < 1.29 is 5.11 Å². The molecule has 0 aliphatic rings. The average Bonchev–Trinajstić information content (AvgIpc) is 2.37. The molecule has 0 atom stereocenters. The van der Waals surface area contributed by atoms with E-state index in [9.17, 15) is 5.11 Å². The second-order valence-electron chi connectivity index (χ2n) is 5.26. The summed E-state index contributed by atoms with van der Waals surface area (Å²) in [5.41, 5.74) is 0. The van der Waals surface area contributed by atoms with Crippen LogP contribution in [-0.4, -0.2) is 23.5 Å². The summed E-state index contributed by atoms with van der Waals surface area (Å²) in [5.74, 6) is 0. The Morgan fingerprint density at radius 2 is 1.24 bits per heavy atom. The molecule has 0 bridgehead atoms. The van der Waals surface area contributed by atoms with Gasteiger partial charge in [-0.1, -0.05) is 0 Å². The molecule has 17 heavy (non-hydrogen) atoms. The number of allylic oxidation sites excluding steroid dienone is 1. The maximum atomic E-state index is 10.4. The molecule has 0 rings (SSSR count). The SMILES string of the molecule is CC=[C](O)[Sn]([CH2]CCC)([CH2]CCC)[CH2]CCC. The van der Waals surface area contributed by atoms with E-state index in [1.54, 1.807) is 0 Å². The van der Waals surface area contributed by atoms with Crippen molar-refractivity contribution in [3.63, 3.8) is 0 Å². The van der Waals surface area contributed by atoms with E-state index in [1.165, 1.54) is 51.8 Å². The van der Waals surface area contributed by atoms with Gasteiger partial charge in [-0.25, -0.2) is 0 Å². The summed E-state index contributed by atoms with van der Waals surface area (Å²) >= 11 is -2.38. The third-order valence-corrected chi connectivity index (χ3v) is 19.0. The van der Waals surface area contributed by atoms with Gasteiger partial charge in [0.05, 0.1) is 0 Å². The van der Waals surface area contributed by atoms with Gasteiger partial charge in [-0.3, -0.25) is 0 Å². The normalized spacial score (nSPS) is 13.1. The van der Waals surface area contributed by atoms with Crippen molar-refractivity contribution in [2.24, 2.45) is 0 Å². The van der Waals surface area contributed by atoms with Crippen LogP contribution < -0.4 is 0 Å². The number of aliphatic hydroxyl groups is 1. The summed E-state index contributed by atoms with van der Waals surface area (Å²) in [6, 6.07) is 0. The van der Waals surface area contributed by atoms with Crippen molar-refractivity contribution in [1.29, 1.82) is 0 Å². The van der Waals surface area contributed by atoms with E-state index in [-0.39, 0.29) is 0 Å².